The van der Waals surface area contributed by atoms with Gasteiger partial charge in [-0.15, -0.1) is 23.5 Å². The van der Waals surface area contributed by atoms with Crippen molar-refractivity contribution in [3.63, 3.8) is 0 Å². The van der Waals surface area contributed by atoms with Crippen LogP contribution in [-0.2, 0) is 0 Å². The molecule has 0 spiro atoms. The summed E-state index contributed by atoms with van der Waals surface area (Å²) in [5.74, 6) is -11.6. The number of aliphatic imine (C=N–C) groups is 1. The van der Waals surface area contributed by atoms with Crippen LogP contribution in [0.1, 0.15) is 51.0 Å². The van der Waals surface area contributed by atoms with Gasteiger partial charge in [0.05, 0.1) is 12.1 Å². The third-order valence-electron chi connectivity index (χ3n) is 6.05. The Morgan fingerprint density at radius 1 is 0.875 bits per heavy atom. The molecule has 0 saturated heterocycles. The summed E-state index contributed by atoms with van der Waals surface area (Å²) < 4.78 is 69.8. The van der Waals surface area contributed by atoms with Gasteiger partial charge in [-0.1, -0.05) is 26.7 Å². The summed E-state index contributed by atoms with van der Waals surface area (Å²) in [5, 5.41) is 20.3. The quantitative estimate of drug-likeness (QED) is 0.161. The largest absolute Gasteiger partial charge is 0.386 e. The fourth-order valence-electron chi connectivity index (χ4n) is 4.38. The van der Waals surface area contributed by atoms with Crippen molar-refractivity contribution in [3.05, 3.63) is 34.6 Å². The molecule has 3 unspecified atom stereocenters. The number of benzene rings is 1. The highest BCUT2D eigenvalue weighted by Crippen LogP contribution is 2.85. The van der Waals surface area contributed by atoms with Crippen LogP contribution < -0.4 is 5.73 Å². The van der Waals surface area contributed by atoms with Crippen molar-refractivity contribution in [2.45, 2.75) is 49.7 Å². The van der Waals surface area contributed by atoms with Crippen molar-refractivity contribution in [2.24, 2.45) is 21.6 Å². The molecule has 3 rings (SSSR count). The second-order valence-corrected chi connectivity index (χ2v) is 10.6. The van der Waals surface area contributed by atoms with Crippen molar-refractivity contribution in [3.8, 4) is 12.1 Å². The number of thioether (sulfide) groups is 2. The van der Waals surface area contributed by atoms with Gasteiger partial charge in [0, 0.05) is 11.5 Å². The first kappa shape index (κ1) is 24.7. The standard InChI is InChI=1S/C21H21F5N4S2/c1-3-5-7-31-21(32-8-6-4-2)20(10-28)17(19(20,9-27)18(29)30-21)11-12(22)14(24)16(26)15(25)13(11)23/h17H,3-8H2,1-2H3,(H2,29,30). The summed E-state index contributed by atoms with van der Waals surface area (Å²) in [7, 11) is 0. The van der Waals surface area contributed by atoms with Gasteiger partial charge in [-0.05, 0) is 24.3 Å². The first-order chi connectivity index (χ1) is 15.2. The fraction of sp³-hybridized carbons (Fsp3) is 0.571. The molecule has 11 heteroatoms. The van der Waals surface area contributed by atoms with Crippen molar-refractivity contribution in [1.82, 2.24) is 0 Å². The first-order valence-electron chi connectivity index (χ1n) is 10.1. The summed E-state index contributed by atoms with van der Waals surface area (Å²) in [6, 6.07) is 3.88. The number of hydrogen-bond acceptors (Lipinski definition) is 6. The highest BCUT2D eigenvalue weighted by molar-refractivity contribution is 8.18. The summed E-state index contributed by atoms with van der Waals surface area (Å²) in [6.45, 7) is 3.91. The van der Waals surface area contributed by atoms with Crippen LogP contribution in [0.2, 0.25) is 0 Å². The molecule has 1 aromatic rings. The van der Waals surface area contributed by atoms with E-state index in [-0.39, 0.29) is 5.84 Å². The molecule has 1 aliphatic heterocycles. The van der Waals surface area contributed by atoms with Gasteiger partial charge in [-0.2, -0.15) is 10.5 Å². The smallest absolute Gasteiger partial charge is 0.200 e. The van der Waals surface area contributed by atoms with Gasteiger partial charge in [0.25, 0.3) is 0 Å². The maximum Gasteiger partial charge on any atom is 0.200 e. The van der Waals surface area contributed by atoms with E-state index >= 15 is 0 Å². The highest BCUT2D eigenvalue weighted by Gasteiger charge is 2.92. The maximum absolute atomic E-state index is 14.8. The summed E-state index contributed by atoms with van der Waals surface area (Å²) >= 11 is 2.47. The number of nitrogens with zero attached hydrogens (tertiary/aromatic N) is 3. The molecule has 1 aromatic carbocycles. The first-order valence-corrected chi connectivity index (χ1v) is 12.1. The molecule has 3 atom stereocenters. The lowest BCUT2D eigenvalue weighted by Crippen LogP contribution is -2.32. The molecule has 2 aliphatic rings. The lowest BCUT2D eigenvalue weighted by molar-refractivity contribution is 0.367. The lowest BCUT2D eigenvalue weighted by atomic mass is 9.97. The molecule has 0 aromatic heterocycles. The summed E-state index contributed by atoms with van der Waals surface area (Å²) in [4.78, 5) is 4.45. The number of unbranched alkanes of at least 4 members (excludes halogenated alkanes) is 2. The van der Waals surface area contributed by atoms with Crippen molar-refractivity contribution >= 4 is 29.4 Å². The summed E-state index contributed by atoms with van der Waals surface area (Å²) in [5.41, 5.74) is 1.04. The van der Waals surface area contributed by atoms with Crippen LogP contribution in [0.4, 0.5) is 22.0 Å². The van der Waals surface area contributed by atoms with Crippen LogP contribution in [0.15, 0.2) is 4.99 Å². The molecule has 32 heavy (non-hydrogen) atoms. The van der Waals surface area contributed by atoms with E-state index < -0.39 is 55.6 Å². The van der Waals surface area contributed by atoms with Crippen LogP contribution in [0, 0.1) is 62.6 Å². The molecule has 1 fully saturated rings. The van der Waals surface area contributed by atoms with E-state index in [4.69, 9.17) is 5.73 Å². The van der Waals surface area contributed by atoms with Crippen LogP contribution in [0.3, 0.4) is 0 Å². The number of rotatable bonds is 9. The van der Waals surface area contributed by atoms with Crippen LogP contribution in [-0.4, -0.2) is 21.5 Å². The molecular formula is C21H21F5N4S2. The Kier molecular flexibility index (Phi) is 6.74. The average molecular weight is 489 g/mol. The third kappa shape index (κ3) is 2.97. The number of nitrogens with two attached hydrogens (primary N) is 1. The number of fused-ring (bicyclic) bond motifs is 1. The molecule has 0 bridgehead atoms. The van der Waals surface area contributed by atoms with Crippen molar-refractivity contribution < 1.29 is 22.0 Å². The molecule has 1 saturated carbocycles. The second kappa shape index (κ2) is 8.75. The molecular weight excluding hydrogens is 467 g/mol. The SMILES string of the molecule is CCCCSC1(SCCCC)N=C(N)C2(C#N)C(c3c(F)c(F)c(F)c(F)c3F)C12C#N. The van der Waals surface area contributed by atoms with Gasteiger partial charge >= 0.3 is 0 Å². The zero-order valence-electron chi connectivity index (χ0n) is 17.4. The predicted octanol–water partition coefficient (Wildman–Crippen LogP) is 5.59. The zero-order chi connectivity index (χ0) is 23.9. The van der Waals surface area contributed by atoms with E-state index in [0.717, 1.165) is 25.7 Å². The average Bonchev–Trinajstić information content (AvgIpc) is 3.34. The zero-order valence-corrected chi connectivity index (χ0v) is 19.1. The monoisotopic (exact) mass is 488 g/mol. The fourth-order valence-corrected chi connectivity index (χ4v) is 8.06. The van der Waals surface area contributed by atoms with Crippen LogP contribution in [0.25, 0.3) is 0 Å². The molecule has 0 radical (unpaired) electrons. The number of amidine groups is 1. The third-order valence-corrected chi connectivity index (χ3v) is 9.35. The maximum atomic E-state index is 14.8. The Bertz CT molecular complexity index is 1010. The molecule has 2 N–H and O–H groups in total. The Labute approximate surface area is 191 Å². The van der Waals surface area contributed by atoms with Gasteiger partial charge in [0.15, 0.2) is 27.5 Å². The molecule has 1 aliphatic carbocycles. The number of nitriles is 2. The lowest BCUT2D eigenvalue weighted by Gasteiger charge is -2.32. The normalized spacial score (nSPS) is 27.4. The highest BCUT2D eigenvalue weighted by atomic mass is 32.2. The van der Waals surface area contributed by atoms with Gasteiger partial charge in [0.1, 0.15) is 16.7 Å². The van der Waals surface area contributed by atoms with Gasteiger partial charge in [-0.25, -0.2) is 26.9 Å². The predicted molar refractivity (Wildman–Crippen MR) is 114 cm³/mol. The van der Waals surface area contributed by atoms with E-state index in [2.05, 4.69) is 4.99 Å². The van der Waals surface area contributed by atoms with Crippen LogP contribution >= 0.6 is 23.5 Å². The Balaban J connectivity index is 2.25. The van der Waals surface area contributed by atoms with E-state index in [1.807, 2.05) is 26.0 Å². The Morgan fingerprint density at radius 3 is 1.75 bits per heavy atom. The van der Waals surface area contributed by atoms with Gasteiger partial charge in [-0.3, -0.25) is 0 Å². The van der Waals surface area contributed by atoms with Crippen molar-refractivity contribution in [2.75, 3.05) is 11.5 Å². The summed E-state index contributed by atoms with van der Waals surface area (Å²) in [6.07, 6.45) is 3.13. The number of halogens is 5. The second-order valence-electron chi connectivity index (χ2n) is 7.74. The molecule has 0 amide bonds. The Hall–Kier alpha value is -1.98. The molecule has 4 nitrogen and oxygen atoms in total. The van der Waals surface area contributed by atoms with Crippen LogP contribution in [0.5, 0.6) is 0 Å². The van der Waals surface area contributed by atoms with E-state index in [1.54, 1.807) is 0 Å². The minimum Gasteiger partial charge on any atom is -0.386 e. The van der Waals surface area contributed by atoms with Gasteiger partial charge < -0.3 is 5.73 Å². The minimum atomic E-state index is -2.30. The van der Waals surface area contributed by atoms with E-state index in [9.17, 15) is 32.5 Å². The number of hydrogen-bond donors (Lipinski definition) is 1. The molecule has 1 heterocycles. The molecule has 172 valence electrons. The topological polar surface area (TPSA) is 86.0 Å². The Morgan fingerprint density at radius 2 is 1.34 bits per heavy atom. The van der Waals surface area contributed by atoms with E-state index in [0.29, 0.717) is 11.5 Å². The van der Waals surface area contributed by atoms with Crippen molar-refractivity contribution in [1.29, 1.82) is 10.5 Å². The van der Waals surface area contributed by atoms with Gasteiger partial charge in [0.2, 0.25) is 5.82 Å². The van der Waals surface area contributed by atoms with E-state index in [1.165, 1.54) is 23.5 Å². The minimum absolute atomic E-state index is 0.316.